The second-order valence-corrected chi connectivity index (χ2v) is 6.66. The van der Waals surface area contributed by atoms with Crippen LogP contribution in [0.3, 0.4) is 0 Å². The molecule has 2 nitrogen and oxygen atoms in total. The quantitative estimate of drug-likeness (QED) is 0.885. The Morgan fingerprint density at radius 1 is 1.22 bits per heavy atom. The Balaban J connectivity index is 1.94. The number of hydrogen-bond acceptors (Lipinski definition) is 2. The fraction of sp³-hybridized carbons (Fsp3) is 0.625. The minimum Gasteiger partial charge on any atom is -0.379 e. The third kappa shape index (κ3) is 3.33. The van der Waals surface area contributed by atoms with Crippen molar-refractivity contribution in [1.82, 2.24) is 5.32 Å². The Morgan fingerprint density at radius 2 is 1.89 bits per heavy atom. The van der Waals surface area contributed by atoms with E-state index < -0.39 is 0 Å². The van der Waals surface area contributed by atoms with Gasteiger partial charge < -0.3 is 10.1 Å². The first-order valence-electron chi connectivity index (χ1n) is 6.81. The minimum absolute atomic E-state index is 0.155. The van der Waals surface area contributed by atoms with E-state index in [9.17, 15) is 0 Å². The van der Waals surface area contributed by atoms with E-state index in [0.717, 1.165) is 26.2 Å². The van der Waals surface area contributed by atoms with Gasteiger partial charge in [0.1, 0.15) is 0 Å². The van der Waals surface area contributed by atoms with Gasteiger partial charge in [0.15, 0.2) is 0 Å². The first kappa shape index (κ1) is 13.6. The van der Waals surface area contributed by atoms with E-state index in [1.54, 1.807) is 0 Å². The van der Waals surface area contributed by atoms with Gasteiger partial charge in [-0.05, 0) is 29.9 Å². The van der Waals surface area contributed by atoms with Crippen molar-refractivity contribution < 1.29 is 4.74 Å². The molecule has 1 heterocycles. The van der Waals surface area contributed by atoms with Gasteiger partial charge in [-0.15, -0.1) is 0 Å². The van der Waals surface area contributed by atoms with Crippen LogP contribution in [0.1, 0.15) is 45.2 Å². The van der Waals surface area contributed by atoms with Crippen molar-refractivity contribution in [2.24, 2.45) is 0 Å². The van der Waals surface area contributed by atoms with Crippen molar-refractivity contribution in [3.8, 4) is 0 Å². The average molecular weight is 247 g/mol. The highest BCUT2D eigenvalue weighted by Crippen LogP contribution is 2.23. The zero-order valence-corrected chi connectivity index (χ0v) is 12.0. The molecule has 1 aliphatic heterocycles. The number of rotatable bonds is 3. The van der Waals surface area contributed by atoms with Crippen molar-refractivity contribution in [2.45, 2.75) is 51.6 Å². The molecule has 1 N–H and O–H groups in total. The molecule has 0 bridgehead atoms. The molecule has 0 radical (unpaired) electrons. The lowest BCUT2D eigenvalue weighted by Gasteiger charge is -2.24. The summed E-state index contributed by atoms with van der Waals surface area (Å²) < 4.78 is 5.45. The summed E-state index contributed by atoms with van der Waals surface area (Å²) in [6.07, 6.45) is 1.10. The zero-order valence-electron chi connectivity index (χ0n) is 12.0. The highest BCUT2D eigenvalue weighted by molar-refractivity contribution is 5.27. The van der Waals surface area contributed by atoms with Crippen LogP contribution >= 0.6 is 0 Å². The van der Waals surface area contributed by atoms with E-state index in [2.05, 4.69) is 57.3 Å². The van der Waals surface area contributed by atoms with Gasteiger partial charge in [0.05, 0.1) is 6.61 Å². The lowest BCUT2D eigenvalue weighted by Crippen LogP contribution is -2.42. The predicted molar refractivity (Wildman–Crippen MR) is 75.8 cm³/mol. The second kappa shape index (κ2) is 5.02. The third-order valence-corrected chi connectivity index (χ3v) is 3.76. The fourth-order valence-corrected chi connectivity index (χ4v) is 2.24. The first-order chi connectivity index (χ1) is 8.39. The number of nitrogens with one attached hydrogen (secondary N) is 1. The van der Waals surface area contributed by atoms with Crippen LogP contribution in [-0.4, -0.2) is 18.8 Å². The molecule has 0 amide bonds. The van der Waals surface area contributed by atoms with Crippen LogP contribution in [0.15, 0.2) is 24.3 Å². The van der Waals surface area contributed by atoms with Gasteiger partial charge in [-0.1, -0.05) is 45.0 Å². The van der Waals surface area contributed by atoms with Gasteiger partial charge in [0.25, 0.3) is 0 Å². The van der Waals surface area contributed by atoms with Gasteiger partial charge in [0.2, 0.25) is 0 Å². The Labute approximate surface area is 111 Å². The maximum absolute atomic E-state index is 5.45. The Hall–Kier alpha value is -0.860. The van der Waals surface area contributed by atoms with Gasteiger partial charge >= 0.3 is 0 Å². The molecule has 18 heavy (non-hydrogen) atoms. The van der Waals surface area contributed by atoms with Crippen LogP contribution in [0, 0.1) is 0 Å². The first-order valence-corrected chi connectivity index (χ1v) is 6.81. The summed E-state index contributed by atoms with van der Waals surface area (Å²) in [6, 6.07) is 8.94. The summed E-state index contributed by atoms with van der Waals surface area (Å²) in [4.78, 5) is 0. The smallest absolute Gasteiger partial charge is 0.0646 e. The van der Waals surface area contributed by atoms with E-state index in [-0.39, 0.29) is 11.0 Å². The standard InChI is InChI=1S/C16H25NO/c1-15(2,3)14-7-5-13(6-8-14)11-17-16(4)9-10-18-12-16/h5-8,17H,9-12H2,1-4H3. The molecule has 100 valence electrons. The monoisotopic (exact) mass is 247 g/mol. The molecule has 1 saturated heterocycles. The molecule has 0 spiro atoms. The summed E-state index contributed by atoms with van der Waals surface area (Å²) in [7, 11) is 0. The molecular formula is C16H25NO. The topological polar surface area (TPSA) is 21.3 Å². The van der Waals surface area contributed by atoms with E-state index in [4.69, 9.17) is 4.74 Å². The Kier molecular flexibility index (Phi) is 3.79. The van der Waals surface area contributed by atoms with Gasteiger partial charge in [-0.2, -0.15) is 0 Å². The van der Waals surface area contributed by atoms with Crippen LogP contribution in [0.25, 0.3) is 0 Å². The molecule has 1 aromatic carbocycles. The molecule has 0 saturated carbocycles. The van der Waals surface area contributed by atoms with E-state index >= 15 is 0 Å². The number of benzene rings is 1. The number of hydrogen-bond donors (Lipinski definition) is 1. The van der Waals surface area contributed by atoms with Crippen LogP contribution in [0.4, 0.5) is 0 Å². The normalized spacial score (nSPS) is 24.4. The molecule has 1 fully saturated rings. The van der Waals surface area contributed by atoms with Crippen molar-refractivity contribution >= 4 is 0 Å². The second-order valence-electron chi connectivity index (χ2n) is 6.66. The van der Waals surface area contributed by atoms with Crippen molar-refractivity contribution in [3.63, 3.8) is 0 Å². The third-order valence-electron chi connectivity index (χ3n) is 3.76. The summed E-state index contributed by atoms with van der Waals surface area (Å²) >= 11 is 0. The van der Waals surface area contributed by atoms with Crippen molar-refractivity contribution in [2.75, 3.05) is 13.2 Å². The maximum Gasteiger partial charge on any atom is 0.0646 e. The van der Waals surface area contributed by atoms with Crippen LogP contribution in [0.2, 0.25) is 0 Å². The van der Waals surface area contributed by atoms with E-state index in [1.807, 2.05) is 0 Å². The molecule has 0 aromatic heterocycles. The van der Waals surface area contributed by atoms with E-state index in [1.165, 1.54) is 11.1 Å². The predicted octanol–water partition coefficient (Wildman–Crippen LogP) is 3.25. The highest BCUT2D eigenvalue weighted by atomic mass is 16.5. The Morgan fingerprint density at radius 3 is 2.39 bits per heavy atom. The minimum atomic E-state index is 0.155. The SMILES string of the molecule is CC1(NCc2ccc(C(C)(C)C)cc2)CCOC1. The molecular weight excluding hydrogens is 222 g/mol. The van der Waals surface area contributed by atoms with Crippen molar-refractivity contribution in [3.05, 3.63) is 35.4 Å². The lowest BCUT2D eigenvalue weighted by atomic mass is 9.86. The summed E-state index contributed by atoms with van der Waals surface area (Å²) in [5.74, 6) is 0. The molecule has 1 aliphatic rings. The number of ether oxygens (including phenoxy) is 1. The molecule has 2 heteroatoms. The molecule has 1 atom stereocenters. The molecule has 2 rings (SSSR count). The summed E-state index contributed by atoms with van der Waals surface area (Å²) in [6.45, 7) is 11.6. The summed E-state index contributed by atoms with van der Waals surface area (Å²) in [5, 5.41) is 3.61. The molecule has 0 aliphatic carbocycles. The van der Waals surface area contributed by atoms with Crippen LogP contribution in [-0.2, 0) is 16.7 Å². The lowest BCUT2D eigenvalue weighted by molar-refractivity contribution is 0.171. The summed E-state index contributed by atoms with van der Waals surface area (Å²) in [5.41, 5.74) is 3.12. The van der Waals surface area contributed by atoms with Crippen LogP contribution in [0.5, 0.6) is 0 Å². The van der Waals surface area contributed by atoms with Gasteiger partial charge in [0, 0.05) is 18.7 Å². The zero-order chi connectivity index (χ0) is 13.2. The maximum atomic E-state index is 5.45. The highest BCUT2D eigenvalue weighted by Gasteiger charge is 2.28. The molecule has 1 unspecified atom stereocenters. The van der Waals surface area contributed by atoms with Crippen LogP contribution < -0.4 is 5.32 Å². The Bertz CT molecular complexity index is 383. The molecule has 1 aromatic rings. The van der Waals surface area contributed by atoms with Crippen molar-refractivity contribution in [1.29, 1.82) is 0 Å². The van der Waals surface area contributed by atoms with E-state index in [0.29, 0.717) is 0 Å². The fourth-order valence-electron chi connectivity index (χ4n) is 2.24. The average Bonchev–Trinajstić information content (AvgIpc) is 2.74. The van der Waals surface area contributed by atoms with Gasteiger partial charge in [-0.25, -0.2) is 0 Å². The van der Waals surface area contributed by atoms with Gasteiger partial charge in [-0.3, -0.25) is 0 Å². The largest absolute Gasteiger partial charge is 0.379 e.